The molecule has 28 heavy (non-hydrogen) atoms. The van der Waals surface area contributed by atoms with Crippen molar-refractivity contribution in [1.82, 2.24) is 19.7 Å². The largest absolute Gasteiger partial charge is 0.383 e. The Morgan fingerprint density at radius 1 is 1.14 bits per heavy atom. The van der Waals surface area contributed by atoms with Crippen molar-refractivity contribution in [2.75, 3.05) is 30.9 Å². The van der Waals surface area contributed by atoms with Crippen molar-refractivity contribution in [3.8, 4) is 11.4 Å². The van der Waals surface area contributed by atoms with E-state index in [0.717, 1.165) is 17.1 Å². The number of hydrogen-bond donors (Lipinski definition) is 0. The Hall–Kier alpha value is -2.71. The van der Waals surface area contributed by atoms with Gasteiger partial charge >= 0.3 is 0 Å². The Labute approximate surface area is 168 Å². The van der Waals surface area contributed by atoms with Gasteiger partial charge in [-0.2, -0.15) is 0 Å². The van der Waals surface area contributed by atoms with Crippen molar-refractivity contribution in [2.45, 2.75) is 18.6 Å². The number of aromatic nitrogens is 4. The number of rotatable bonds is 9. The standard InChI is InChI=1S/C20H23N5O2S/c1-3-24(17-7-5-4-6-8-17)18(26)15-28-20-23-22-19(25(20)13-14-27-2)16-9-11-21-12-10-16/h4-12H,3,13-15H2,1-2H3. The van der Waals surface area contributed by atoms with E-state index in [1.807, 2.05) is 54.0 Å². The first-order valence-electron chi connectivity index (χ1n) is 9.05. The second-order valence-electron chi connectivity index (χ2n) is 5.95. The first-order valence-corrected chi connectivity index (χ1v) is 10.0. The second-order valence-corrected chi connectivity index (χ2v) is 6.89. The van der Waals surface area contributed by atoms with E-state index in [2.05, 4.69) is 15.2 Å². The molecule has 0 saturated carbocycles. The Balaban J connectivity index is 1.76. The SMILES string of the molecule is CCN(C(=O)CSc1nnc(-c2ccncc2)n1CCOC)c1ccccc1. The van der Waals surface area contributed by atoms with Crippen LogP contribution in [0.25, 0.3) is 11.4 Å². The molecule has 0 spiro atoms. The third-order valence-corrected chi connectivity index (χ3v) is 5.14. The minimum absolute atomic E-state index is 0.0328. The molecule has 0 radical (unpaired) electrons. The average molecular weight is 398 g/mol. The fourth-order valence-corrected chi connectivity index (χ4v) is 3.65. The van der Waals surface area contributed by atoms with Gasteiger partial charge in [0.2, 0.25) is 5.91 Å². The minimum atomic E-state index is 0.0328. The second kappa shape index (κ2) is 10.0. The summed E-state index contributed by atoms with van der Waals surface area (Å²) < 4.78 is 7.21. The molecule has 0 aliphatic rings. The van der Waals surface area contributed by atoms with Gasteiger partial charge in [0.1, 0.15) is 0 Å². The maximum absolute atomic E-state index is 12.8. The summed E-state index contributed by atoms with van der Waals surface area (Å²) in [5.74, 6) is 1.06. The molecule has 0 bridgehead atoms. The molecular formula is C20H23N5O2S. The molecule has 0 aliphatic carbocycles. The zero-order valence-corrected chi connectivity index (χ0v) is 16.8. The minimum Gasteiger partial charge on any atom is -0.383 e. The van der Waals surface area contributed by atoms with Crippen molar-refractivity contribution in [3.05, 3.63) is 54.9 Å². The lowest BCUT2D eigenvalue weighted by Crippen LogP contribution is -2.32. The lowest BCUT2D eigenvalue weighted by Gasteiger charge is -2.20. The van der Waals surface area contributed by atoms with Crippen LogP contribution in [0.2, 0.25) is 0 Å². The molecule has 0 unspecified atom stereocenters. The topological polar surface area (TPSA) is 73.1 Å². The highest BCUT2D eigenvalue weighted by atomic mass is 32.2. The van der Waals surface area contributed by atoms with Crippen LogP contribution in [0.5, 0.6) is 0 Å². The number of anilines is 1. The Bertz CT molecular complexity index is 886. The summed E-state index contributed by atoms with van der Waals surface area (Å²) in [6, 6.07) is 13.5. The molecule has 3 rings (SSSR count). The zero-order valence-electron chi connectivity index (χ0n) is 16.0. The molecule has 0 aliphatic heterocycles. The van der Waals surface area contributed by atoms with E-state index in [1.54, 1.807) is 24.4 Å². The Morgan fingerprint density at radius 2 is 1.89 bits per heavy atom. The van der Waals surface area contributed by atoms with Gasteiger partial charge in [0.05, 0.1) is 18.9 Å². The molecule has 0 saturated heterocycles. The summed E-state index contributed by atoms with van der Waals surface area (Å²) in [6.07, 6.45) is 3.44. The first kappa shape index (κ1) is 20.0. The molecule has 0 fully saturated rings. The van der Waals surface area contributed by atoms with Crippen LogP contribution in [0.15, 0.2) is 60.0 Å². The fourth-order valence-electron chi connectivity index (χ4n) is 2.81. The summed E-state index contributed by atoms with van der Waals surface area (Å²) in [7, 11) is 1.66. The number of benzene rings is 1. The van der Waals surface area contributed by atoms with Crippen LogP contribution in [0, 0.1) is 0 Å². The van der Waals surface area contributed by atoms with E-state index >= 15 is 0 Å². The Kier molecular flexibility index (Phi) is 7.16. The number of amides is 1. The van der Waals surface area contributed by atoms with Gasteiger partial charge in [-0.15, -0.1) is 10.2 Å². The van der Waals surface area contributed by atoms with Gasteiger partial charge in [0.15, 0.2) is 11.0 Å². The van der Waals surface area contributed by atoms with Crippen LogP contribution < -0.4 is 4.90 Å². The van der Waals surface area contributed by atoms with Crippen LogP contribution in [-0.4, -0.2) is 51.7 Å². The lowest BCUT2D eigenvalue weighted by molar-refractivity contribution is -0.116. The Morgan fingerprint density at radius 3 is 2.57 bits per heavy atom. The average Bonchev–Trinajstić information content (AvgIpc) is 3.15. The summed E-state index contributed by atoms with van der Waals surface area (Å²) in [5, 5.41) is 9.32. The molecule has 1 aromatic carbocycles. The van der Waals surface area contributed by atoms with Gasteiger partial charge in [0, 0.05) is 37.3 Å². The van der Waals surface area contributed by atoms with Crippen molar-refractivity contribution in [2.24, 2.45) is 0 Å². The molecule has 146 valence electrons. The normalized spacial score (nSPS) is 10.8. The number of thioether (sulfide) groups is 1. The lowest BCUT2D eigenvalue weighted by atomic mass is 10.2. The van der Waals surface area contributed by atoms with E-state index in [-0.39, 0.29) is 11.7 Å². The number of hydrogen-bond acceptors (Lipinski definition) is 6. The maximum atomic E-state index is 12.8. The van der Waals surface area contributed by atoms with Gasteiger partial charge in [-0.3, -0.25) is 14.3 Å². The van der Waals surface area contributed by atoms with Crippen LogP contribution in [-0.2, 0) is 16.1 Å². The molecule has 0 N–H and O–H groups in total. The fraction of sp³-hybridized carbons (Fsp3) is 0.300. The highest BCUT2D eigenvalue weighted by molar-refractivity contribution is 7.99. The number of nitrogens with zero attached hydrogens (tertiary/aromatic N) is 5. The third-order valence-electron chi connectivity index (χ3n) is 4.18. The molecule has 0 atom stereocenters. The number of ether oxygens (including phenoxy) is 1. The van der Waals surface area contributed by atoms with Crippen LogP contribution in [0.4, 0.5) is 5.69 Å². The van der Waals surface area contributed by atoms with E-state index in [9.17, 15) is 4.79 Å². The van der Waals surface area contributed by atoms with Crippen molar-refractivity contribution >= 4 is 23.4 Å². The van der Waals surface area contributed by atoms with Gasteiger partial charge in [-0.25, -0.2) is 0 Å². The highest BCUT2D eigenvalue weighted by Gasteiger charge is 2.18. The number of methoxy groups -OCH3 is 1. The third kappa shape index (κ3) is 4.76. The van der Waals surface area contributed by atoms with Crippen LogP contribution in [0.3, 0.4) is 0 Å². The number of carbonyl (C=O) groups excluding carboxylic acids is 1. The van der Waals surface area contributed by atoms with E-state index in [1.165, 1.54) is 11.8 Å². The zero-order chi connectivity index (χ0) is 19.8. The number of para-hydroxylation sites is 1. The van der Waals surface area contributed by atoms with Gasteiger partial charge in [-0.05, 0) is 31.2 Å². The summed E-state index contributed by atoms with van der Waals surface area (Å²) in [4.78, 5) is 18.6. The van der Waals surface area contributed by atoms with E-state index < -0.39 is 0 Å². The predicted molar refractivity (Wildman–Crippen MR) is 110 cm³/mol. The van der Waals surface area contributed by atoms with Crippen LogP contribution in [0.1, 0.15) is 6.92 Å². The number of pyridine rings is 1. The molecule has 2 aromatic heterocycles. The molecule has 1 amide bonds. The number of carbonyl (C=O) groups is 1. The maximum Gasteiger partial charge on any atom is 0.237 e. The highest BCUT2D eigenvalue weighted by Crippen LogP contribution is 2.24. The van der Waals surface area contributed by atoms with Gasteiger partial charge < -0.3 is 9.64 Å². The summed E-state index contributed by atoms with van der Waals surface area (Å²) >= 11 is 1.39. The molecule has 8 heteroatoms. The van der Waals surface area contributed by atoms with Crippen molar-refractivity contribution in [3.63, 3.8) is 0 Å². The van der Waals surface area contributed by atoms with Crippen molar-refractivity contribution < 1.29 is 9.53 Å². The molecule has 2 heterocycles. The van der Waals surface area contributed by atoms with Gasteiger partial charge in [0.25, 0.3) is 0 Å². The monoisotopic (exact) mass is 397 g/mol. The summed E-state index contributed by atoms with van der Waals surface area (Å²) in [6.45, 7) is 3.72. The van der Waals surface area contributed by atoms with E-state index in [0.29, 0.717) is 24.9 Å². The van der Waals surface area contributed by atoms with Crippen molar-refractivity contribution in [1.29, 1.82) is 0 Å². The van der Waals surface area contributed by atoms with Gasteiger partial charge in [-0.1, -0.05) is 30.0 Å². The molecule has 3 aromatic rings. The first-order chi connectivity index (χ1) is 13.7. The molecule has 7 nitrogen and oxygen atoms in total. The van der Waals surface area contributed by atoms with E-state index in [4.69, 9.17) is 4.74 Å². The predicted octanol–water partition coefficient (Wildman–Crippen LogP) is 3.13. The molecular weight excluding hydrogens is 374 g/mol. The summed E-state index contributed by atoms with van der Waals surface area (Å²) in [5.41, 5.74) is 1.82. The van der Waals surface area contributed by atoms with Crippen LogP contribution >= 0.6 is 11.8 Å². The quantitative estimate of drug-likeness (QED) is 0.517. The smallest absolute Gasteiger partial charge is 0.237 e.